The summed E-state index contributed by atoms with van der Waals surface area (Å²) in [7, 11) is 1.85. The summed E-state index contributed by atoms with van der Waals surface area (Å²) >= 11 is 0. The fraction of sp³-hybridized carbons (Fsp3) is 0.611. The molecular formula is C18H28N6O. The van der Waals surface area contributed by atoms with Crippen LogP contribution in [0.2, 0.25) is 0 Å². The van der Waals surface area contributed by atoms with Crippen molar-refractivity contribution in [1.29, 1.82) is 0 Å². The van der Waals surface area contributed by atoms with E-state index in [9.17, 15) is 4.79 Å². The van der Waals surface area contributed by atoms with Gasteiger partial charge in [-0.15, -0.1) is 0 Å². The van der Waals surface area contributed by atoms with Gasteiger partial charge in [-0.1, -0.05) is 20.8 Å². The third kappa shape index (κ3) is 3.76. The van der Waals surface area contributed by atoms with Crippen molar-refractivity contribution in [1.82, 2.24) is 24.5 Å². The van der Waals surface area contributed by atoms with E-state index in [1.807, 2.05) is 20.0 Å². The molecule has 0 aromatic carbocycles. The Morgan fingerprint density at radius 3 is 2.44 bits per heavy atom. The fourth-order valence-corrected chi connectivity index (χ4v) is 3.18. The van der Waals surface area contributed by atoms with Crippen LogP contribution in [0.15, 0.2) is 12.1 Å². The van der Waals surface area contributed by atoms with Gasteiger partial charge < -0.3 is 5.32 Å². The molecule has 3 rings (SSSR count). The molecule has 2 aromatic rings. The summed E-state index contributed by atoms with van der Waals surface area (Å²) in [5.74, 6) is 0.737. The first-order valence-electron chi connectivity index (χ1n) is 8.73. The number of carbonyl (C=O) groups is 1. The predicted octanol–water partition coefficient (Wildman–Crippen LogP) is 2.03. The van der Waals surface area contributed by atoms with Gasteiger partial charge in [-0.05, 0) is 19.9 Å². The topological polar surface area (TPSA) is 68.0 Å². The zero-order valence-corrected chi connectivity index (χ0v) is 16.0. The van der Waals surface area contributed by atoms with Gasteiger partial charge in [0.1, 0.15) is 5.82 Å². The lowest BCUT2D eigenvalue weighted by atomic mass is 9.92. The molecule has 0 spiro atoms. The maximum absolute atomic E-state index is 12.3. The maximum Gasteiger partial charge on any atom is 0.239 e. The summed E-state index contributed by atoms with van der Waals surface area (Å²) in [5, 5.41) is 12.0. The molecule has 0 bridgehead atoms. The molecule has 1 N–H and O–H groups in total. The number of aryl methyl sites for hydroxylation is 3. The fourth-order valence-electron chi connectivity index (χ4n) is 3.18. The lowest BCUT2D eigenvalue weighted by Gasteiger charge is -2.39. The molecule has 0 unspecified atom stereocenters. The summed E-state index contributed by atoms with van der Waals surface area (Å²) in [4.78, 5) is 14.5. The average molecular weight is 344 g/mol. The molecule has 0 aliphatic carbocycles. The molecule has 7 nitrogen and oxygen atoms in total. The largest absolute Gasteiger partial charge is 0.310 e. The molecule has 0 saturated carbocycles. The van der Waals surface area contributed by atoms with Gasteiger partial charge in [0, 0.05) is 37.3 Å². The first-order chi connectivity index (χ1) is 11.6. The summed E-state index contributed by atoms with van der Waals surface area (Å²) in [6, 6.07) is 4.41. The number of amides is 1. The molecule has 3 heterocycles. The van der Waals surface area contributed by atoms with Crippen molar-refractivity contribution in [3.8, 4) is 0 Å². The third-order valence-corrected chi connectivity index (χ3v) is 4.61. The molecule has 7 heteroatoms. The molecule has 1 aliphatic heterocycles. The van der Waals surface area contributed by atoms with E-state index >= 15 is 0 Å². The van der Waals surface area contributed by atoms with Gasteiger partial charge >= 0.3 is 0 Å². The Bertz CT molecular complexity index is 776. The minimum Gasteiger partial charge on any atom is -0.310 e. The highest BCUT2D eigenvalue weighted by atomic mass is 16.2. The Morgan fingerprint density at radius 1 is 1.24 bits per heavy atom. The Balaban J connectivity index is 1.53. The first kappa shape index (κ1) is 17.7. The van der Waals surface area contributed by atoms with E-state index in [1.54, 1.807) is 4.68 Å². The average Bonchev–Trinajstić information content (AvgIpc) is 2.96. The standard InChI is InChI=1S/C18H28N6O/c1-12-7-13(2)24(20-12)14-9-23(10-14)11-17(25)19-16-8-15(18(3,4)5)21-22(16)6/h7-8,14H,9-11H2,1-6H3,(H,19,25). The molecule has 136 valence electrons. The third-order valence-electron chi connectivity index (χ3n) is 4.61. The second-order valence-electron chi connectivity index (χ2n) is 8.06. The maximum atomic E-state index is 12.3. The van der Waals surface area contributed by atoms with Crippen molar-refractivity contribution in [2.24, 2.45) is 7.05 Å². The lowest BCUT2D eigenvalue weighted by Crippen LogP contribution is -2.51. The highest BCUT2D eigenvalue weighted by Gasteiger charge is 2.31. The second kappa shape index (κ2) is 6.29. The number of nitrogens with one attached hydrogen (secondary N) is 1. The predicted molar refractivity (Wildman–Crippen MR) is 97.7 cm³/mol. The van der Waals surface area contributed by atoms with Gasteiger partial charge in [-0.3, -0.25) is 19.1 Å². The van der Waals surface area contributed by atoms with Crippen LogP contribution in [0.5, 0.6) is 0 Å². The van der Waals surface area contributed by atoms with Crippen molar-refractivity contribution >= 4 is 11.7 Å². The van der Waals surface area contributed by atoms with Crippen molar-refractivity contribution in [3.05, 3.63) is 29.2 Å². The normalized spacial score (nSPS) is 16.1. The molecule has 1 saturated heterocycles. The van der Waals surface area contributed by atoms with Gasteiger partial charge in [0.15, 0.2) is 0 Å². The first-order valence-corrected chi connectivity index (χ1v) is 8.73. The van der Waals surface area contributed by atoms with Crippen molar-refractivity contribution in [3.63, 3.8) is 0 Å². The molecule has 0 atom stereocenters. The van der Waals surface area contributed by atoms with Gasteiger partial charge in [-0.25, -0.2) is 0 Å². The lowest BCUT2D eigenvalue weighted by molar-refractivity contribution is -0.118. The quantitative estimate of drug-likeness (QED) is 0.921. The van der Waals surface area contributed by atoms with Gasteiger partial charge in [0.25, 0.3) is 0 Å². The minimum absolute atomic E-state index is 0.00437. The van der Waals surface area contributed by atoms with E-state index in [0.717, 1.165) is 30.3 Å². The summed E-state index contributed by atoms with van der Waals surface area (Å²) < 4.78 is 3.80. The highest BCUT2D eigenvalue weighted by Crippen LogP contribution is 2.24. The Kier molecular flexibility index (Phi) is 4.45. The van der Waals surface area contributed by atoms with Crippen LogP contribution in [0.4, 0.5) is 5.82 Å². The van der Waals surface area contributed by atoms with Crippen molar-refractivity contribution in [2.75, 3.05) is 25.0 Å². The van der Waals surface area contributed by atoms with E-state index in [4.69, 9.17) is 0 Å². The molecular weight excluding hydrogens is 316 g/mol. The van der Waals surface area contributed by atoms with Crippen LogP contribution in [-0.2, 0) is 17.3 Å². The summed E-state index contributed by atoms with van der Waals surface area (Å²) in [5.41, 5.74) is 3.15. The van der Waals surface area contributed by atoms with Crippen LogP contribution in [0.25, 0.3) is 0 Å². The van der Waals surface area contributed by atoms with E-state index in [2.05, 4.69) is 58.9 Å². The Morgan fingerprint density at radius 2 is 1.92 bits per heavy atom. The minimum atomic E-state index is -0.0365. The number of anilines is 1. The SMILES string of the molecule is Cc1cc(C)n(C2CN(CC(=O)Nc3cc(C(C)(C)C)nn3C)C2)n1. The number of hydrogen-bond acceptors (Lipinski definition) is 4. The van der Waals surface area contributed by atoms with Crippen LogP contribution >= 0.6 is 0 Å². The van der Waals surface area contributed by atoms with E-state index < -0.39 is 0 Å². The van der Waals surface area contributed by atoms with Crippen LogP contribution in [0.1, 0.15) is 43.9 Å². The van der Waals surface area contributed by atoms with Gasteiger partial charge in [-0.2, -0.15) is 10.2 Å². The smallest absolute Gasteiger partial charge is 0.239 e. The molecule has 2 aromatic heterocycles. The Labute approximate surface area is 149 Å². The molecule has 1 aliphatic rings. The monoisotopic (exact) mass is 344 g/mol. The number of likely N-dealkylation sites (tertiary alicyclic amines) is 1. The summed E-state index contributed by atoms with van der Waals surface area (Å²) in [6.07, 6.45) is 0. The van der Waals surface area contributed by atoms with E-state index in [0.29, 0.717) is 12.6 Å². The number of nitrogens with zero attached hydrogens (tertiary/aromatic N) is 5. The summed E-state index contributed by atoms with van der Waals surface area (Å²) in [6.45, 7) is 12.5. The number of rotatable bonds is 4. The van der Waals surface area contributed by atoms with Gasteiger partial charge in [0.05, 0.1) is 24.0 Å². The van der Waals surface area contributed by atoms with Crippen LogP contribution < -0.4 is 5.32 Å². The zero-order chi connectivity index (χ0) is 18.4. The van der Waals surface area contributed by atoms with Crippen LogP contribution in [-0.4, -0.2) is 50.0 Å². The highest BCUT2D eigenvalue weighted by molar-refractivity contribution is 5.91. The number of hydrogen-bond donors (Lipinski definition) is 1. The van der Waals surface area contributed by atoms with E-state index in [-0.39, 0.29) is 11.3 Å². The number of carbonyl (C=O) groups excluding carboxylic acids is 1. The Hall–Kier alpha value is -2.15. The zero-order valence-electron chi connectivity index (χ0n) is 16.0. The molecule has 1 amide bonds. The second-order valence-corrected chi connectivity index (χ2v) is 8.06. The van der Waals surface area contributed by atoms with Crippen LogP contribution in [0, 0.1) is 13.8 Å². The molecule has 25 heavy (non-hydrogen) atoms. The van der Waals surface area contributed by atoms with Crippen LogP contribution in [0.3, 0.4) is 0 Å². The number of aromatic nitrogens is 4. The van der Waals surface area contributed by atoms with Gasteiger partial charge in [0.2, 0.25) is 5.91 Å². The molecule has 1 fully saturated rings. The molecule has 0 radical (unpaired) electrons. The van der Waals surface area contributed by atoms with Crippen molar-refractivity contribution in [2.45, 2.75) is 46.1 Å². The van der Waals surface area contributed by atoms with Crippen molar-refractivity contribution < 1.29 is 4.79 Å². The van der Waals surface area contributed by atoms with E-state index in [1.165, 1.54) is 5.69 Å².